The predicted molar refractivity (Wildman–Crippen MR) is 83.3 cm³/mol. The molecular weight excluding hydrogens is 296 g/mol. The van der Waals surface area contributed by atoms with Crippen molar-refractivity contribution in [1.29, 1.82) is 0 Å². The molecular formula is C16H20N4O3. The number of hydrogen-bond donors (Lipinski definition) is 1. The molecule has 0 aliphatic carbocycles. The topological polar surface area (TPSA) is 80.5 Å². The predicted octanol–water partition coefficient (Wildman–Crippen LogP) is 0.881. The van der Waals surface area contributed by atoms with E-state index in [1.54, 1.807) is 41.2 Å². The van der Waals surface area contributed by atoms with Crippen LogP contribution in [-0.2, 0) is 4.74 Å². The van der Waals surface area contributed by atoms with Crippen LogP contribution in [0, 0.1) is 0 Å². The average Bonchev–Trinajstić information content (AvgIpc) is 3.10. The van der Waals surface area contributed by atoms with Crippen LogP contribution in [0.5, 0.6) is 0 Å². The van der Waals surface area contributed by atoms with E-state index in [1.807, 2.05) is 12.1 Å². The first-order valence-electron chi connectivity index (χ1n) is 7.59. The van der Waals surface area contributed by atoms with Crippen LogP contribution in [0.15, 0.2) is 36.7 Å². The lowest BCUT2D eigenvalue weighted by molar-refractivity contribution is -0.0662. The molecule has 122 valence electrons. The van der Waals surface area contributed by atoms with Crippen LogP contribution in [0.1, 0.15) is 23.2 Å². The zero-order valence-corrected chi connectivity index (χ0v) is 13.1. The molecule has 1 aliphatic rings. The maximum Gasteiger partial charge on any atom is 0.253 e. The van der Waals surface area contributed by atoms with Gasteiger partial charge in [0.2, 0.25) is 0 Å². The summed E-state index contributed by atoms with van der Waals surface area (Å²) in [5, 5.41) is 18.0. The molecule has 7 nitrogen and oxygen atoms in total. The van der Waals surface area contributed by atoms with Crippen molar-refractivity contribution in [2.75, 3.05) is 26.8 Å². The van der Waals surface area contributed by atoms with Crippen LogP contribution < -0.4 is 0 Å². The number of carbonyl (C=O) groups excluding carboxylic acids is 1. The van der Waals surface area contributed by atoms with Crippen LogP contribution in [0.3, 0.4) is 0 Å². The fraction of sp³-hybridized carbons (Fsp3) is 0.438. The lowest BCUT2D eigenvalue weighted by atomic mass is 9.92. The van der Waals surface area contributed by atoms with Gasteiger partial charge in [-0.15, -0.1) is 5.10 Å². The van der Waals surface area contributed by atoms with Gasteiger partial charge in [0, 0.05) is 25.8 Å². The molecule has 0 radical (unpaired) electrons. The Morgan fingerprint density at radius 3 is 2.57 bits per heavy atom. The van der Waals surface area contributed by atoms with E-state index in [-0.39, 0.29) is 5.91 Å². The Hall–Kier alpha value is -2.25. The highest BCUT2D eigenvalue weighted by atomic mass is 16.5. The van der Waals surface area contributed by atoms with Gasteiger partial charge in [0.05, 0.1) is 30.3 Å². The number of benzene rings is 1. The zero-order valence-electron chi connectivity index (χ0n) is 13.1. The molecule has 0 unspecified atom stereocenters. The van der Waals surface area contributed by atoms with Gasteiger partial charge >= 0.3 is 0 Å². The van der Waals surface area contributed by atoms with Crippen molar-refractivity contribution < 1.29 is 14.6 Å². The molecule has 1 saturated heterocycles. The number of carbonyl (C=O) groups is 1. The van der Waals surface area contributed by atoms with Crippen LogP contribution in [0.25, 0.3) is 5.69 Å². The quantitative estimate of drug-likeness (QED) is 0.906. The average molecular weight is 316 g/mol. The van der Waals surface area contributed by atoms with Crippen molar-refractivity contribution in [2.24, 2.45) is 0 Å². The molecule has 1 amide bonds. The van der Waals surface area contributed by atoms with E-state index in [2.05, 4.69) is 10.3 Å². The smallest absolute Gasteiger partial charge is 0.253 e. The molecule has 1 aromatic carbocycles. The molecule has 0 saturated carbocycles. The first-order valence-corrected chi connectivity index (χ1v) is 7.59. The number of piperidine rings is 1. The fourth-order valence-electron chi connectivity index (χ4n) is 2.82. The summed E-state index contributed by atoms with van der Waals surface area (Å²) in [6, 6.07) is 7.25. The Kier molecular flexibility index (Phi) is 4.40. The molecule has 0 bridgehead atoms. The Balaban J connectivity index is 1.65. The number of aliphatic hydroxyl groups is 1. The van der Waals surface area contributed by atoms with Gasteiger partial charge in [-0.2, -0.15) is 0 Å². The molecule has 1 N–H and O–H groups in total. The number of ether oxygens (including phenoxy) is 1. The van der Waals surface area contributed by atoms with E-state index in [9.17, 15) is 9.90 Å². The van der Waals surface area contributed by atoms with Crippen LogP contribution in [0.2, 0.25) is 0 Å². The maximum atomic E-state index is 12.5. The first-order chi connectivity index (χ1) is 11.1. The first kappa shape index (κ1) is 15.6. The van der Waals surface area contributed by atoms with Gasteiger partial charge in [-0.3, -0.25) is 4.79 Å². The summed E-state index contributed by atoms with van der Waals surface area (Å²) < 4.78 is 6.69. The van der Waals surface area contributed by atoms with Gasteiger partial charge in [-0.25, -0.2) is 4.68 Å². The lowest BCUT2D eigenvalue weighted by Crippen LogP contribution is -2.48. The Morgan fingerprint density at radius 1 is 1.30 bits per heavy atom. The van der Waals surface area contributed by atoms with Crippen LogP contribution in [-0.4, -0.2) is 63.3 Å². The van der Waals surface area contributed by atoms with E-state index < -0.39 is 5.60 Å². The van der Waals surface area contributed by atoms with Gasteiger partial charge < -0.3 is 14.7 Å². The van der Waals surface area contributed by atoms with Crippen molar-refractivity contribution in [2.45, 2.75) is 18.4 Å². The van der Waals surface area contributed by atoms with Gasteiger partial charge in [0.1, 0.15) is 0 Å². The Labute approximate surface area is 134 Å². The van der Waals surface area contributed by atoms with Crippen molar-refractivity contribution in [3.63, 3.8) is 0 Å². The van der Waals surface area contributed by atoms with E-state index in [1.165, 1.54) is 0 Å². The molecule has 23 heavy (non-hydrogen) atoms. The number of methoxy groups -OCH3 is 1. The summed E-state index contributed by atoms with van der Waals surface area (Å²) in [6.45, 7) is 1.37. The zero-order chi connectivity index (χ0) is 16.3. The number of likely N-dealkylation sites (tertiary alicyclic amines) is 1. The van der Waals surface area contributed by atoms with E-state index in [0.717, 1.165) is 5.69 Å². The molecule has 0 atom stereocenters. The monoisotopic (exact) mass is 316 g/mol. The van der Waals surface area contributed by atoms with Crippen molar-refractivity contribution in [1.82, 2.24) is 19.9 Å². The van der Waals surface area contributed by atoms with Gasteiger partial charge in [-0.05, 0) is 37.1 Å². The highest BCUT2D eigenvalue weighted by Crippen LogP contribution is 2.23. The van der Waals surface area contributed by atoms with E-state index >= 15 is 0 Å². The third-order valence-corrected chi connectivity index (χ3v) is 4.20. The summed E-state index contributed by atoms with van der Waals surface area (Å²) in [5.41, 5.74) is 0.667. The lowest BCUT2D eigenvalue weighted by Gasteiger charge is -2.37. The third-order valence-electron chi connectivity index (χ3n) is 4.20. The number of aromatic nitrogens is 3. The van der Waals surface area contributed by atoms with E-state index in [4.69, 9.17) is 4.74 Å². The minimum atomic E-state index is -0.817. The SMILES string of the molecule is COCC1(O)CCN(C(=O)c2ccc(-n3ccnn3)cc2)CC1. The fourth-order valence-corrected chi connectivity index (χ4v) is 2.82. The van der Waals surface area contributed by atoms with Crippen LogP contribution in [0.4, 0.5) is 0 Å². The Bertz CT molecular complexity index is 646. The summed E-state index contributed by atoms with van der Waals surface area (Å²) >= 11 is 0. The van der Waals surface area contributed by atoms with Crippen LogP contribution >= 0.6 is 0 Å². The molecule has 7 heteroatoms. The molecule has 0 spiro atoms. The highest BCUT2D eigenvalue weighted by Gasteiger charge is 2.34. The second kappa shape index (κ2) is 6.47. The second-order valence-electron chi connectivity index (χ2n) is 5.84. The molecule has 1 fully saturated rings. The summed E-state index contributed by atoms with van der Waals surface area (Å²) in [4.78, 5) is 14.3. The van der Waals surface area contributed by atoms with Gasteiger partial charge in [0.25, 0.3) is 5.91 Å². The maximum absolute atomic E-state index is 12.5. The van der Waals surface area contributed by atoms with Crippen molar-refractivity contribution >= 4 is 5.91 Å². The summed E-state index contributed by atoms with van der Waals surface area (Å²) in [7, 11) is 1.58. The normalized spacial score (nSPS) is 17.2. The number of nitrogens with zero attached hydrogens (tertiary/aromatic N) is 4. The Morgan fingerprint density at radius 2 is 2.00 bits per heavy atom. The standard InChI is InChI=1S/C16H20N4O3/c1-23-12-16(22)6-9-19(10-7-16)15(21)13-2-4-14(5-3-13)20-11-8-17-18-20/h2-5,8,11,22H,6-7,9-10,12H2,1H3. The molecule has 2 heterocycles. The molecule has 1 aromatic heterocycles. The highest BCUT2D eigenvalue weighted by molar-refractivity contribution is 5.94. The largest absolute Gasteiger partial charge is 0.387 e. The molecule has 2 aromatic rings. The van der Waals surface area contributed by atoms with Gasteiger partial charge in [-0.1, -0.05) is 5.21 Å². The second-order valence-corrected chi connectivity index (χ2v) is 5.84. The third kappa shape index (κ3) is 3.40. The number of hydrogen-bond acceptors (Lipinski definition) is 5. The molecule has 1 aliphatic heterocycles. The summed E-state index contributed by atoms with van der Waals surface area (Å²) in [5.74, 6) is -0.0189. The molecule has 3 rings (SSSR count). The van der Waals surface area contributed by atoms with Gasteiger partial charge in [0.15, 0.2) is 0 Å². The minimum Gasteiger partial charge on any atom is -0.387 e. The van der Waals surface area contributed by atoms with Crippen molar-refractivity contribution in [3.8, 4) is 5.69 Å². The van der Waals surface area contributed by atoms with Crippen molar-refractivity contribution in [3.05, 3.63) is 42.2 Å². The number of amides is 1. The van der Waals surface area contributed by atoms with E-state index in [0.29, 0.717) is 38.1 Å². The summed E-state index contributed by atoms with van der Waals surface area (Å²) in [6.07, 6.45) is 4.42. The minimum absolute atomic E-state index is 0.0189. The number of rotatable bonds is 4.